The number of morpholine rings is 1. The number of hydrogen-bond donors (Lipinski definition) is 1. The standard InChI is InChI=1S/C20H34N2O2/c1-13(2)11-22-3-4-24-18(12-22)10-21-20(23)19-16-6-14-5-15(8-16)9-17(19)7-14/h13-19H,3-12H2,1-2H3,(H,21,23). The molecule has 5 rings (SSSR count). The lowest BCUT2D eigenvalue weighted by atomic mass is 9.51. The molecule has 0 aromatic carbocycles. The molecule has 1 unspecified atom stereocenters. The predicted molar refractivity (Wildman–Crippen MR) is 94.6 cm³/mol. The van der Waals surface area contributed by atoms with E-state index in [1.54, 1.807) is 0 Å². The molecule has 136 valence electrons. The van der Waals surface area contributed by atoms with Crippen molar-refractivity contribution in [2.45, 2.75) is 52.1 Å². The molecule has 1 aliphatic heterocycles. The van der Waals surface area contributed by atoms with Crippen LogP contribution >= 0.6 is 0 Å². The van der Waals surface area contributed by atoms with E-state index < -0.39 is 0 Å². The zero-order valence-electron chi connectivity index (χ0n) is 15.4. The number of rotatable bonds is 5. The molecule has 1 heterocycles. The molecule has 1 amide bonds. The van der Waals surface area contributed by atoms with E-state index in [-0.39, 0.29) is 6.10 Å². The Morgan fingerprint density at radius 2 is 1.79 bits per heavy atom. The summed E-state index contributed by atoms with van der Waals surface area (Å²) in [7, 11) is 0. The van der Waals surface area contributed by atoms with Crippen LogP contribution in [0.1, 0.15) is 46.0 Å². The van der Waals surface area contributed by atoms with Crippen molar-refractivity contribution in [3.05, 3.63) is 0 Å². The van der Waals surface area contributed by atoms with Gasteiger partial charge in [0, 0.05) is 32.1 Å². The van der Waals surface area contributed by atoms with Crippen LogP contribution in [0.5, 0.6) is 0 Å². The summed E-state index contributed by atoms with van der Waals surface area (Å²) in [6.45, 7) is 9.13. The van der Waals surface area contributed by atoms with Gasteiger partial charge in [0.1, 0.15) is 0 Å². The van der Waals surface area contributed by atoms with Gasteiger partial charge in [-0.2, -0.15) is 0 Å². The van der Waals surface area contributed by atoms with Crippen molar-refractivity contribution in [1.82, 2.24) is 10.2 Å². The van der Waals surface area contributed by atoms with Gasteiger partial charge >= 0.3 is 0 Å². The van der Waals surface area contributed by atoms with Crippen molar-refractivity contribution in [2.24, 2.45) is 35.5 Å². The predicted octanol–water partition coefficient (Wildman–Crippen LogP) is 2.53. The Balaban J connectivity index is 1.27. The highest BCUT2D eigenvalue weighted by Crippen LogP contribution is 2.56. The molecule has 1 N–H and O–H groups in total. The lowest BCUT2D eigenvalue weighted by Crippen LogP contribution is -2.53. The van der Waals surface area contributed by atoms with Crippen LogP contribution in [-0.2, 0) is 9.53 Å². The molecule has 5 fully saturated rings. The van der Waals surface area contributed by atoms with Gasteiger partial charge in [0.25, 0.3) is 0 Å². The fourth-order valence-electron chi connectivity index (χ4n) is 6.27. The van der Waals surface area contributed by atoms with Gasteiger partial charge in [0.05, 0.1) is 12.7 Å². The molecule has 5 aliphatic rings. The van der Waals surface area contributed by atoms with Gasteiger partial charge in [0.2, 0.25) is 5.91 Å². The van der Waals surface area contributed by atoms with Crippen molar-refractivity contribution in [3.8, 4) is 0 Å². The maximum absolute atomic E-state index is 12.9. The van der Waals surface area contributed by atoms with E-state index >= 15 is 0 Å². The van der Waals surface area contributed by atoms with Crippen LogP contribution in [0.3, 0.4) is 0 Å². The van der Waals surface area contributed by atoms with Crippen LogP contribution in [0.15, 0.2) is 0 Å². The number of nitrogens with zero attached hydrogens (tertiary/aromatic N) is 1. The number of ether oxygens (including phenoxy) is 1. The van der Waals surface area contributed by atoms with Gasteiger partial charge in [-0.15, -0.1) is 0 Å². The van der Waals surface area contributed by atoms with E-state index in [9.17, 15) is 4.79 Å². The second-order valence-corrected chi connectivity index (χ2v) is 9.35. The van der Waals surface area contributed by atoms with Crippen molar-refractivity contribution in [1.29, 1.82) is 0 Å². The third kappa shape index (κ3) is 3.50. The van der Waals surface area contributed by atoms with Crippen LogP contribution in [-0.4, -0.2) is 49.7 Å². The Morgan fingerprint density at radius 1 is 1.12 bits per heavy atom. The zero-order valence-corrected chi connectivity index (χ0v) is 15.4. The molecule has 1 atom stereocenters. The minimum absolute atomic E-state index is 0.165. The highest BCUT2D eigenvalue weighted by atomic mass is 16.5. The monoisotopic (exact) mass is 334 g/mol. The summed E-state index contributed by atoms with van der Waals surface area (Å²) in [6, 6.07) is 0. The van der Waals surface area contributed by atoms with Crippen molar-refractivity contribution in [2.75, 3.05) is 32.8 Å². The second-order valence-electron chi connectivity index (χ2n) is 9.35. The fraction of sp³-hybridized carbons (Fsp3) is 0.950. The minimum atomic E-state index is 0.165. The van der Waals surface area contributed by atoms with Gasteiger partial charge in [0.15, 0.2) is 0 Å². The molecule has 1 saturated heterocycles. The van der Waals surface area contributed by atoms with E-state index in [2.05, 4.69) is 24.1 Å². The largest absolute Gasteiger partial charge is 0.374 e. The first-order chi connectivity index (χ1) is 11.6. The SMILES string of the molecule is CC(C)CN1CCOC(CNC(=O)C2C3CC4CC(C3)CC2C4)C1. The Labute approximate surface area is 146 Å². The van der Waals surface area contributed by atoms with E-state index in [0.717, 1.165) is 38.1 Å². The third-order valence-electron chi connectivity index (χ3n) is 6.88. The molecule has 4 heteroatoms. The third-order valence-corrected chi connectivity index (χ3v) is 6.88. The minimum Gasteiger partial charge on any atom is -0.374 e. The summed E-state index contributed by atoms with van der Waals surface area (Å²) in [5.41, 5.74) is 0. The van der Waals surface area contributed by atoms with Crippen LogP contribution in [0.4, 0.5) is 0 Å². The fourth-order valence-corrected chi connectivity index (χ4v) is 6.27. The summed E-state index contributed by atoms with van der Waals surface area (Å²) in [6.07, 6.45) is 6.86. The molecule has 0 aromatic rings. The average molecular weight is 335 g/mol. The number of carbonyl (C=O) groups is 1. The van der Waals surface area contributed by atoms with Crippen molar-refractivity contribution in [3.63, 3.8) is 0 Å². The Bertz CT molecular complexity index is 437. The zero-order chi connectivity index (χ0) is 16.7. The highest BCUT2D eigenvalue weighted by Gasteiger charge is 2.50. The summed E-state index contributed by atoms with van der Waals surface area (Å²) < 4.78 is 5.89. The number of carbonyl (C=O) groups excluding carboxylic acids is 1. The highest BCUT2D eigenvalue weighted by molar-refractivity contribution is 5.79. The van der Waals surface area contributed by atoms with E-state index in [1.807, 2.05) is 0 Å². The molecular formula is C20H34N2O2. The Morgan fingerprint density at radius 3 is 2.42 bits per heavy atom. The van der Waals surface area contributed by atoms with Gasteiger partial charge in [-0.25, -0.2) is 0 Å². The van der Waals surface area contributed by atoms with E-state index in [4.69, 9.17) is 4.74 Å². The van der Waals surface area contributed by atoms with Crippen LogP contribution in [0.2, 0.25) is 0 Å². The maximum atomic E-state index is 12.9. The lowest BCUT2D eigenvalue weighted by Gasteiger charge is -2.53. The average Bonchev–Trinajstić information content (AvgIpc) is 2.51. The normalized spacial score (nSPS) is 41.8. The van der Waals surface area contributed by atoms with Gasteiger partial charge < -0.3 is 10.1 Å². The molecule has 0 radical (unpaired) electrons. The summed E-state index contributed by atoms with van der Waals surface area (Å²) in [5, 5.41) is 3.26. The molecule has 4 aliphatic carbocycles. The molecular weight excluding hydrogens is 300 g/mol. The summed E-state index contributed by atoms with van der Waals surface area (Å²) in [4.78, 5) is 15.3. The first-order valence-corrected chi connectivity index (χ1v) is 10.2. The van der Waals surface area contributed by atoms with Crippen molar-refractivity contribution < 1.29 is 9.53 Å². The first-order valence-electron chi connectivity index (χ1n) is 10.2. The molecule has 4 nitrogen and oxygen atoms in total. The van der Waals surface area contributed by atoms with Gasteiger partial charge in [-0.05, 0) is 61.7 Å². The summed E-state index contributed by atoms with van der Waals surface area (Å²) >= 11 is 0. The van der Waals surface area contributed by atoms with Crippen molar-refractivity contribution >= 4 is 5.91 Å². The van der Waals surface area contributed by atoms with Gasteiger partial charge in [-0.1, -0.05) is 13.8 Å². The van der Waals surface area contributed by atoms with E-state index in [1.165, 1.54) is 32.1 Å². The second kappa shape index (κ2) is 6.95. The number of amides is 1. The number of nitrogens with one attached hydrogen (secondary N) is 1. The van der Waals surface area contributed by atoms with E-state index in [0.29, 0.717) is 36.1 Å². The van der Waals surface area contributed by atoms with Crippen LogP contribution in [0, 0.1) is 35.5 Å². The molecule has 24 heavy (non-hydrogen) atoms. The molecule has 0 aromatic heterocycles. The molecule has 0 spiro atoms. The topological polar surface area (TPSA) is 41.6 Å². The first kappa shape index (κ1) is 16.8. The molecule has 4 saturated carbocycles. The Kier molecular flexibility index (Phi) is 4.88. The van der Waals surface area contributed by atoms with Gasteiger partial charge in [-0.3, -0.25) is 9.69 Å². The smallest absolute Gasteiger partial charge is 0.223 e. The summed E-state index contributed by atoms with van der Waals surface area (Å²) in [5.74, 6) is 4.52. The number of hydrogen-bond acceptors (Lipinski definition) is 3. The lowest BCUT2D eigenvalue weighted by molar-refractivity contribution is -0.139. The maximum Gasteiger partial charge on any atom is 0.223 e. The van der Waals surface area contributed by atoms with Crippen LogP contribution < -0.4 is 5.32 Å². The molecule has 4 bridgehead atoms. The quantitative estimate of drug-likeness (QED) is 0.840. The van der Waals surface area contributed by atoms with Crippen LogP contribution in [0.25, 0.3) is 0 Å². The Hall–Kier alpha value is -0.610.